The van der Waals surface area contributed by atoms with Gasteiger partial charge in [-0.05, 0) is 54.9 Å². The quantitative estimate of drug-likeness (QED) is 0.767. The topological polar surface area (TPSA) is 55.3 Å². The average Bonchev–Trinajstić information content (AvgIpc) is 3.17. The monoisotopic (exact) mass is 399 g/mol. The molecule has 1 saturated carbocycles. The van der Waals surface area contributed by atoms with E-state index in [1.807, 2.05) is 6.92 Å². The number of carbonyl (C=O) groups is 1. The average molecular weight is 399 g/mol. The Morgan fingerprint density at radius 1 is 1.24 bits per heavy atom. The van der Waals surface area contributed by atoms with Crippen molar-refractivity contribution >= 4 is 6.09 Å². The molecule has 0 spiro atoms. The lowest BCUT2D eigenvalue weighted by Crippen LogP contribution is -2.47. The van der Waals surface area contributed by atoms with Gasteiger partial charge in [-0.1, -0.05) is 19.9 Å². The molecule has 3 aliphatic rings. The highest BCUT2D eigenvalue weighted by molar-refractivity contribution is 5.70. The third-order valence-electron chi connectivity index (χ3n) is 7.33. The van der Waals surface area contributed by atoms with E-state index in [0.717, 1.165) is 24.1 Å². The first kappa shape index (κ1) is 18.5. The molecule has 5 rings (SSSR count). The summed E-state index contributed by atoms with van der Waals surface area (Å²) in [4.78, 5) is 14.0. The molecular formula is C22H23F2N3O2. The maximum absolute atomic E-state index is 14.3. The zero-order valence-corrected chi connectivity index (χ0v) is 16.7. The van der Waals surface area contributed by atoms with Crippen molar-refractivity contribution in [2.24, 2.45) is 5.41 Å². The number of hydrogen-bond donors (Lipinski definition) is 0. The van der Waals surface area contributed by atoms with E-state index in [-0.39, 0.29) is 40.2 Å². The molecule has 2 bridgehead atoms. The second-order valence-corrected chi connectivity index (χ2v) is 9.10. The third-order valence-corrected chi connectivity index (χ3v) is 7.33. The molecular weight excluding hydrogens is 376 g/mol. The fourth-order valence-corrected chi connectivity index (χ4v) is 5.76. The molecule has 1 amide bonds. The second kappa shape index (κ2) is 5.97. The van der Waals surface area contributed by atoms with Crippen LogP contribution in [0.4, 0.5) is 13.6 Å². The Kier molecular flexibility index (Phi) is 3.80. The van der Waals surface area contributed by atoms with Crippen LogP contribution in [0.5, 0.6) is 0 Å². The summed E-state index contributed by atoms with van der Waals surface area (Å²) in [6, 6.07) is 5.59. The molecule has 2 aromatic rings. The van der Waals surface area contributed by atoms with E-state index in [4.69, 9.17) is 4.74 Å². The number of ether oxygens (including phenoxy) is 1. The molecule has 3 atom stereocenters. The first-order valence-electron chi connectivity index (χ1n) is 10.0. The Hall–Kier alpha value is -2.57. The molecule has 0 N–H and O–H groups in total. The van der Waals surface area contributed by atoms with Gasteiger partial charge in [0, 0.05) is 12.0 Å². The van der Waals surface area contributed by atoms with Crippen LogP contribution in [0, 0.1) is 17.0 Å². The zero-order chi connectivity index (χ0) is 20.6. The van der Waals surface area contributed by atoms with Gasteiger partial charge in [-0.3, -0.25) is 0 Å². The minimum atomic E-state index is -0.648. The molecule has 7 heteroatoms. The van der Waals surface area contributed by atoms with E-state index < -0.39 is 11.6 Å². The van der Waals surface area contributed by atoms with Crippen LogP contribution in [-0.4, -0.2) is 40.4 Å². The maximum Gasteiger partial charge on any atom is 0.410 e. The van der Waals surface area contributed by atoms with E-state index in [1.54, 1.807) is 11.0 Å². The smallest absolute Gasteiger partial charge is 0.410 e. The molecule has 152 valence electrons. The largest absolute Gasteiger partial charge is 0.445 e. The number of rotatable bonds is 3. The molecule has 0 unspecified atom stereocenters. The number of benzene rings is 1. The van der Waals surface area contributed by atoms with Gasteiger partial charge >= 0.3 is 6.09 Å². The van der Waals surface area contributed by atoms with Crippen molar-refractivity contribution in [1.29, 1.82) is 0 Å². The van der Waals surface area contributed by atoms with Crippen LogP contribution in [0.15, 0.2) is 24.3 Å². The highest BCUT2D eigenvalue weighted by atomic mass is 19.1. The molecule has 1 aromatic heterocycles. The van der Waals surface area contributed by atoms with Crippen LogP contribution < -0.4 is 0 Å². The number of halogens is 2. The van der Waals surface area contributed by atoms with Gasteiger partial charge in [0.1, 0.15) is 17.7 Å². The molecule has 29 heavy (non-hydrogen) atoms. The maximum atomic E-state index is 14.3. The van der Waals surface area contributed by atoms with Crippen molar-refractivity contribution in [3.8, 4) is 11.3 Å². The summed E-state index contributed by atoms with van der Waals surface area (Å²) in [5.41, 5.74) is 1.43. The number of amides is 1. The van der Waals surface area contributed by atoms with Gasteiger partial charge in [-0.25, -0.2) is 13.6 Å². The number of nitrogens with zero attached hydrogens (tertiary/aromatic N) is 3. The third kappa shape index (κ3) is 2.39. The minimum absolute atomic E-state index is 0.127. The van der Waals surface area contributed by atoms with E-state index in [0.29, 0.717) is 13.1 Å². The van der Waals surface area contributed by atoms with Crippen LogP contribution >= 0.6 is 0 Å². The van der Waals surface area contributed by atoms with Crippen molar-refractivity contribution in [2.75, 3.05) is 13.1 Å². The summed E-state index contributed by atoms with van der Waals surface area (Å²) in [6.45, 7) is 7.36. The van der Waals surface area contributed by atoms with Crippen LogP contribution in [-0.2, 0) is 10.2 Å². The lowest BCUT2D eigenvalue weighted by Gasteiger charge is -2.40. The summed E-state index contributed by atoms with van der Waals surface area (Å²) < 4.78 is 33.9. The number of cyclic esters (lactones) is 1. The van der Waals surface area contributed by atoms with Crippen LogP contribution in [0.1, 0.15) is 50.8 Å². The Morgan fingerprint density at radius 3 is 2.62 bits per heavy atom. The Balaban J connectivity index is 1.60. The van der Waals surface area contributed by atoms with Gasteiger partial charge < -0.3 is 9.64 Å². The second-order valence-electron chi connectivity index (χ2n) is 9.10. The summed E-state index contributed by atoms with van der Waals surface area (Å²) in [7, 11) is 0. The van der Waals surface area contributed by atoms with E-state index in [2.05, 4.69) is 24.0 Å². The molecule has 2 fully saturated rings. The zero-order valence-electron chi connectivity index (χ0n) is 16.7. The summed E-state index contributed by atoms with van der Waals surface area (Å²) in [5.74, 6) is -1.09. The summed E-state index contributed by atoms with van der Waals surface area (Å²) >= 11 is 0. The first-order chi connectivity index (χ1) is 13.7. The predicted molar refractivity (Wildman–Crippen MR) is 102 cm³/mol. The number of aromatic nitrogens is 2. The highest BCUT2D eigenvalue weighted by Gasteiger charge is 2.64. The number of fused-ring (bicyclic) bond motifs is 5. The van der Waals surface area contributed by atoms with E-state index in [1.165, 1.54) is 18.2 Å². The molecule has 2 aliphatic carbocycles. The van der Waals surface area contributed by atoms with Gasteiger partial charge in [0.15, 0.2) is 0 Å². The molecule has 1 aliphatic heterocycles. The normalized spacial score (nSPS) is 29.3. The van der Waals surface area contributed by atoms with Gasteiger partial charge in [0.25, 0.3) is 0 Å². The molecule has 0 radical (unpaired) electrons. The van der Waals surface area contributed by atoms with Gasteiger partial charge in [-0.2, -0.15) is 10.2 Å². The van der Waals surface area contributed by atoms with E-state index >= 15 is 0 Å². The fraction of sp³-hybridized carbons (Fsp3) is 0.500. The molecule has 1 aromatic carbocycles. The fourth-order valence-electron chi connectivity index (χ4n) is 5.76. The van der Waals surface area contributed by atoms with Crippen molar-refractivity contribution < 1.29 is 18.3 Å². The SMILES string of the molecule is C[C@H]1CN(C[C@@]23CC[C@@H](c4cc(-c5c(F)cccc5F)nnc42)C3(C)C)C(=O)O1. The lowest BCUT2D eigenvalue weighted by molar-refractivity contribution is 0.121. The van der Waals surface area contributed by atoms with Crippen molar-refractivity contribution in [3.63, 3.8) is 0 Å². The van der Waals surface area contributed by atoms with Gasteiger partial charge in [-0.15, -0.1) is 0 Å². The highest BCUT2D eigenvalue weighted by Crippen LogP contribution is 2.67. The Bertz CT molecular complexity index is 1000. The molecule has 1 saturated heterocycles. The number of carbonyl (C=O) groups excluding carboxylic acids is 1. The summed E-state index contributed by atoms with van der Waals surface area (Å²) in [6.07, 6.45) is 1.43. The van der Waals surface area contributed by atoms with Crippen LogP contribution in [0.3, 0.4) is 0 Å². The summed E-state index contributed by atoms with van der Waals surface area (Å²) in [5, 5.41) is 8.71. The van der Waals surface area contributed by atoms with Gasteiger partial charge in [0.2, 0.25) is 0 Å². The predicted octanol–water partition coefficient (Wildman–Crippen LogP) is 4.42. The van der Waals surface area contributed by atoms with Crippen LogP contribution in [0.25, 0.3) is 11.3 Å². The minimum Gasteiger partial charge on any atom is -0.445 e. The van der Waals surface area contributed by atoms with Crippen molar-refractivity contribution in [2.45, 2.75) is 51.0 Å². The lowest BCUT2D eigenvalue weighted by atomic mass is 9.68. The van der Waals surface area contributed by atoms with Crippen LogP contribution in [0.2, 0.25) is 0 Å². The Morgan fingerprint density at radius 2 is 1.97 bits per heavy atom. The van der Waals surface area contributed by atoms with Crippen molar-refractivity contribution in [3.05, 3.63) is 47.2 Å². The molecule has 2 heterocycles. The Labute approximate surface area is 168 Å². The first-order valence-corrected chi connectivity index (χ1v) is 10.0. The molecule has 5 nitrogen and oxygen atoms in total. The van der Waals surface area contributed by atoms with Gasteiger partial charge in [0.05, 0.1) is 23.5 Å². The number of hydrogen-bond acceptors (Lipinski definition) is 4. The van der Waals surface area contributed by atoms with E-state index in [9.17, 15) is 13.6 Å². The standard InChI is InChI=1S/C22H23F2N3O2/c1-12-10-27(20(28)29-12)11-22-8-7-14(21(22,2)3)13-9-17(25-26-19(13)22)18-15(23)5-4-6-16(18)24/h4-6,9,12,14H,7-8,10-11H2,1-3H3/t12-,14-,22-/m0/s1. The van der Waals surface area contributed by atoms with Crippen molar-refractivity contribution in [1.82, 2.24) is 15.1 Å².